The van der Waals surface area contributed by atoms with Gasteiger partial charge in [0.15, 0.2) is 18.8 Å². The molecule has 3 rings (SSSR count). The number of carboxylic acid groups (broad SMARTS) is 1. The first-order chi connectivity index (χ1) is 20.7. The maximum atomic E-state index is 10.8. The number of aromatic amines is 1. The van der Waals surface area contributed by atoms with Crippen LogP contribution in [0.5, 0.6) is 0 Å². The zero-order valence-electron chi connectivity index (χ0n) is 24.3. The number of nitrogens with one attached hydrogen (secondary N) is 1. The van der Waals surface area contributed by atoms with E-state index in [1.807, 2.05) is 0 Å². The second-order valence-corrected chi connectivity index (χ2v) is 11.1. The van der Waals surface area contributed by atoms with Gasteiger partial charge >= 0.3 is 11.7 Å². The van der Waals surface area contributed by atoms with Crippen molar-refractivity contribution in [3.8, 4) is 0 Å². The lowest BCUT2D eigenvalue weighted by atomic mass is 9.97. The van der Waals surface area contributed by atoms with Crippen LogP contribution in [-0.2, 0) is 25.5 Å². The van der Waals surface area contributed by atoms with E-state index in [0.717, 1.165) is 57.8 Å². The van der Waals surface area contributed by atoms with Crippen LogP contribution in [0.2, 0.25) is 0 Å². The number of aliphatic hydroxyl groups excluding tert-OH is 7. The van der Waals surface area contributed by atoms with Crippen molar-refractivity contribution in [1.82, 2.24) is 10.3 Å². The van der Waals surface area contributed by atoms with Gasteiger partial charge < -0.3 is 59.8 Å². The fourth-order valence-electron chi connectivity index (χ4n) is 5.23. The number of hydrogen-bond donors (Lipinski definition) is 9. The number of rotatable bonds is 19. The largest absolute Gasteiger partial charge is 0.475 e. The number of aryl methyl sites for hydroxylation is 1. The molecule has 1 aromatic rings. The Morgan fingerprint density at radius 1 is 0.767 bits per heavy atom. The summed E-state index contributed by atoms with van der Waals surface area (Å²) in [5.74, 6) is -1.05. The molecular formula is C27H48N3O13+. The summed E-state index contributed by atoms with van der Waals surface area (Å²) in [6, 6.07) is 0. The average molecular weight is 623 g/mol. The Balaban J connectivity index is 1.24. The molecule has 9 N–H and O–H groups in total. The van der Waals surface area contributed by atoms with E-state index < -0.39 is 80.6 Å². The van der Waals surface area contributed by atoms with Gasteiger partial charge in [0, 0.05) is 6.61 Å². The molecule has 10 atom stereocenters. The smallest absolute Gasteiger partial charge is 0.387 e. The number of hydrogen-bond acceptors (Lipinski definition) is 13. The summed E-state index contributed by atoms with van der Waals surface area (Å²) in [6.45, 7) is -0.290. The zero-order chi connectivity index (χ0) is 31.4. The number of carbonyl (C=O) groups is 1. The average Bonchev–Trinajstić information content (AvgIpc) is 3.48. The van der Waals surface area contributed by atoms with Gasteiger partial charge in [0.25, 0.3) is 0 Å². The van der Waals surface area contributed by atoms with Gasteiger partial charge in [-0.05, 0) is 19.3 Å². The van der Waals surface area contributed by atoms with E-state index >= 15 is 0 Å². The van der Waals surface area contributed by atoms with E-state index in [0.29, 0.717) is 13.0 Å². The van der Waals surface area contributed by atoms with E-state index in [9.17, 15) is 40.5 Å². The van der Waals surface area contributed by atoms with E-state index in [4.69, 9.17) is 24.1 Å². The summed E-state index contributed by atoms with van der Waals surface area (Å²) in [5.41, 5.74) is 0.0110. The normalized spacial score (nSPS) is 33.1. The summed E-state index contributed by atoms with van der Waals surface area (Å²) in [6.07, 6.45) is -2.84. The summed E-state index contributed by atoms with van der Waals surface area (Å²) in [4.78, 5) is 10.8. The maximum Gasteiger partial charge on any atom is 0.387 e. The highest BCUT2D eigenvalue weighted by atomic mass is 16.7. The summed E-state index contributed by atoms with van der Waals surface area (Å²) >= 11 is 0. The van der Waals surface area contributed by atoms with E-state index in [-0.39, 0.29) is 12.3 Å². The minimum absolute atomic E-state index is 0.0110. The second kappa shape index (κ2) is 18.2. The molecule has 248 valence electrons. The van der Waals surface area contributed by atoms with Crippen molar-refractivity contribution in [2.45, 2.75) is 132 Å². The first-order valence-corrected chi connectivity index (χ1v) is 15.1. The first kappa shape index (κ1) is 35.6. The zero-order valence-corrected chi connectivity index (χ0v) is 24.3. The Hall–Kier alpha value is -1.83. The standard InChI is InChI=1S/C27H47N3O13/c31-14-17-19(33)20(34)22(36)27(41-17)43-24-18(15-32)42-26(23(37)21(24)35)40-12-10-8-6-4-2-1-3-5-7-9-11-30-13-16(25(38)39)28-29-30/h13,17-24,26-27,31-37H,1-12,14-15H2,(H,38,39)/p+1/t17-,18-,19+,20+,21-,22-,23-,24-,26-,27+/m1/s1. The van der Waals surface area contributed by atoms with Crippen molar-refractivity contribution in [2.24, 2.45) is 0 Å². The number of aromatic carboxylic acids is 1. The highest BCUT2D eigenvalue weighted by molar-refractivity contribution is 5.84. The third-order valence-corrected chi connectivity index (χ3v) is 7.83. The van der Waals surface area contributed by atoms with E-state index in [1.165, 1.54) is 6.20 Å². The van der Waals surface area contributed by atoms with Gasteiger partial charge in [-0.3, -0.25) is 0 Å². The Bertz CT molecular complexity index is 936. The molecule has 16 nitrogen and oxygen atoms in total. The van der Waals surface area contributed by atoms with E-state index in [1.54, 1.807) is 4.68 Å². The number of aliphatic hydroxyl groups is 7. The molecule has 0 aromatic carbocycles. The van der Waals surface area contributed by atoms with Crippen LogP contribution < -0.4 is 4.68 Å². The quantitative estimate of drug-likeness (QED) is 0.0595. The van der Waals surface area contributed by atoms with Crippen LogP contribution in [0.25, 0.3) is 0 Å². The van der Waals surface area contributed by atoms with Crippen LogP contribution in [0, 0.1) is 0 Å². The number of H-pyrrole nitrogens is 1. The second-order valence-electron chi connectivity index (χ2n) is 11.1. The summed E-state index contributed by atoms with van der Waals surface area (Å²) < 4.78 is 23.8. The fourth-order valence-corrected chi connectivity index (χ4v) is 5.23. The maximum absolute atomic E-state index is 10.8. The minimum atomic E-state index is -1.72. The molecule has 1 aromatic heterocycles. The molecule has 0 amide bonds. The van der Waals surface area contributed by atoms with Crippen LogP contribution >= 0.6 is 0 Å². The molecule has 2 fully saturated rings. The highest BCUT2D eigenvalue weighted by Gasteiger charge is 2.50. The highest BCUT2D eigenvalue weighted by Crippen LogP contribution is 2.29. The van der Waals surface area contributed by atoms with Crippen LogP contribution in [0.1, 0.15) is 74.7 Å². The molecule has 0 spiro atoms. The molecule has 3 heterocycles. The van der Waals surface area contributed by atoms with Crippen molar-refractivity contribution in [3.05, 3.63) is 11.9 Å². The monoisotopic (exact) mass is 622 g/mol. The molecule has 2 saturated heterocycles. The molecule has 0 radical (unpaired) electrons. The fraction of sp³-hybridized carbons (Fsp3) is 0.889. The molecular weight excluding hydrogens is 574 g/mol. The van der Waals surface area contributed by atoms with Crippen molar-refractivity contribution in [1.29, 1.82) is 0 Å². The van der Waals surface area contributed by atoms with Gasteiger partial charge in [-0.2, -0.15) is 4.68 Å². The molecule has 2 aliphatic heterocycles. The van der Waals surface area contributed by atoms with Crippen molar-refractivity contribution in [2.75, 3.05) is 19.8 Å². The topological polar surface area (TPSA) is 248 Å². The lowest BCUT2D eigenvalue weighted by molar-refractivity contribution is -0.754. The molecule has 0 bridgehead atoms. The van der Waals surface area contributed by atoms with Crippen molar-refractivity contribution >= 4 is 5.97 Å². The Morgan fingerprint density at radius 3 is 1.91 bits per heavy atom. The first-order valence-electron chi connectivity index (χ1n) is 15.1. The lowest BCUT2D eigenvalue weighted by Crippen LogP contribution is -2.64. The van der Waals surface area contributed by atoms with Crippen LogP contribution in [0.3, 0.4) is 0 Å². The van der Waals surface area contributed by atoms with Crippen LogP contribution in [0.4, 0.5) is 0 Å². The number of unbranched alkanes of at least 4 members (excludes halogenated alkanes) is 9. The molecule has 0 saturated carbocycles. The number of nitrogens with zero attached hydrogens (tertiary/aromatic N) is 2. The van der Waals surface area contributed by atoms with E-state index in [2.05, 4.69) is 10.3 Å². The predicted octanol–water partition coefficient (Wildman–Crippen LogP) is -2.06. The van der Waals surface area contributed by atoms with Gasteiger partial charge in [-0.25, -0.2) is 4.79 Å². The lowest BCUT2D eigenvalue weighted by Gasteiger charge is -2.45. The SMILES string of the molecule is O=C(O)c1c[n+](CCCCCCCCCCCCO[C@@H]2O[C@H](CO)[C@@H](O[C@@H]3O[C@H](CO)[C@H](O)[C@H](O)[C@H]3O)[C@H](O)[C@H]2O)[nH]n1. The Kier molecular flexibility index (Phi) is 15.1. The van der Waals surface area contributed by atoms with Gasteiger partial charge in [0.2, 0.25) is 0 Å². The molecule has 43 heavy (non-hydrogen) atoms. The summed E-state index contributed by atoms with van der Waals surface area (Å²) in [5, 5.41) is 85.7. The number of carboxylic acids is 1. The summed E-state index contributed by atoms with van der Waals surface area (Å²) in [7, 11) is 0. The molecule has 16 heteroatoms. The molecule has 0 aliphatic carbocycles. The number of aromatic nitrogens is 3. The van der Waals surface area contributed by atoms with Crippen LogP contribution in [0.15, 0.2) is 6.20 Å². The minimum Gasteiger partial charge on any atom is -0.475 e. The van der Waals surface area contributed by atoms with Crippen LogP contribution in [-0.4, -0.2) is 138 Å². The third-order valence-electron chi connectivity index (χ3n) is 7.83. The van der Waals surface area contributed by atoms with Gasteiger partial charge in [0.1, 0.15) is 55.4 Å². The van der Waals surface area contributed by atoms with Crippen molar-refractivity contribution < 1.29 is 69.3 Å². The van der Waals surface area contributed by atoms with Gasteiger partial charge in [0.05, 0.1) is 18.3 Å². The predicted molar refractivity (Wildman–Crippen MR) is 144 cm³/mol. The van der Waals surface area contributed by atoms with Gasteiger partial charge in [-0.15, -0.1) is 0 Å². The van der Waals surface area contributed by atoms with Crippen molar-refractivity contribution in [3.63, 3.8) is 0 Å². The molecule has 0 unspecified atom stereocenters. The number of ether oxygens (including phenoxy) is 4. The van der Waals surface area contributed by atoms with Gasteiger partial charge in [-0.1, -0.05) is 50.2 Å². The Labute approximate surface area is 249 Å². The Morgan fingerprint density at radius 2 is 1.33 bits per heavy atom. The molecule has 2 aliphatic rings. The third kappa shape index (κ3) is 10.4.